The second-order valence-electron chi connectivity index (χ2n) is 6.86. The summed E-state index contributed by atoms with van der Waals surface area (Å²) >= 11 is 0. The number of ether oxygens (including phenoxy) is 1. The van der Waals surface area contributed by atoms with Crippen LogP contribution in [0.2, 0.25) is 0 Å². The van der Waals surface area contributed by atoms with Gasteiger partial charge in [0.05, 0.1) is 6.42 Å². The molecule has 0 N–H and O–H groups in total. The fraction of sp³-hybridized carbons (Fsp3) is 0.929. The Balaban J connectivity index is 4.10. The monoisotopic (exact) mass is 228 g/mol. The third-order valence-electron chi connectivity index (χ3n) is 2.44. The first-order valence-electron chi connectivity index (χ1n) is 6.24. The maximum absolute atomic E-state index is 11.7. The van der Waals surface area contributed by atoms with Crippen LogP contribution in [-0.2, 0) is 9.53 Å². The van der Waals surface area contributed by atoms with Crippen molar-refractivity contribution in [1.29, 1.82) is 0 Å². The molecule has 0 saturated carbocycles. The van der Waals surface area contributed by atoms with Gasteiger partial charge >= 0.3 is 5.97 Å². The average Bonchev–Trinajstić information content (AvgIpc) is 1.95. The van der Waals surface area contributed by atoms with Crippen molar-refractivity contribution in [1.82, 2.24) is 0 Å². The molecule has 0 atom stereocenters. The van der Waals surface area contributed by atoms with E-state index in [-0.39, 0.29) is 17.0 Å². The minimum absolute atomic E-state index is 0.0482. The van der Waals surface area contributed by atoms with Gasteiger partial charge in [-0.15, -0.1) is 0 Å². The van der Waals surface area contributed by atoms with Crippen LogP contribution in [0.1, 0.15) is 67.7 Å². The van der Waals surface area contributed by atoms with Gasteiger partial charge in [0.25, 0.3) is 0 Å². The lowest BCUT2D eigenvalue weighted by Crippen LogP contribution is -2.27. The first-order chi connectivity index (χ1) is 7.02. The zero-order valence-corrected chi connectivity index (χ0v) is 12.0. The first-order valence-corrected chi connectivity index (χ1v) is 6.24. The van der Waals surface area contributed by atoms with Crippen molar-refractivity contribution in [3.05, 3.63) is 0 Å². The van der Waals surface area contributed by atoms with Gasteiger partial charge in [-0.05, 0) is 38.5 Å². The molecule has 0 heterocycles. The Labute approximate surface area is 101 Å². The summed E-state index contributed by atoms with van der Waals surface area (Å²) < 4.78 is 5.34. The maximum Gasteiger partial charge on any atom is 0.306 e. The summed E-state index contributed by atoms with van der Waals surface area (Å²) in [5.41, 5.74) is -0.322. The van der Waals surface area contributed by atoms with Crippen LogP contribution in [0.4, 0.5) is 0 Å². The summed E-state index contributed by atoms with van der Waals surface area (Å²) in [5, 5.41) is 0. The van der Waals surface area contributed by atoms with Crippen LogP contribution in [0.5, 0.6) is 0 Å². The van der Waals surface area contributed by atoms with Crippen molar-refractivity contribution < 1.29 is 9.53 Å². The van der Waals surface area contributed by atoms with E-state index in [1.54, 1.807) is 0 Å². The van der Waals surface area contributed by atoms with E-state index in [4.69, 9.17) is 4.74 Å². The molecule has 0 fully saturated rings. The van der Waals surface area contributed by atoms with E-state index in [9.17, 15) is 4.79 Å². The Hall–Kier alpha value is -0.530. The molecule has 0 spiro atoms. The number of carbonyl (C=O) groups is 1. The fourth-order valence-electron chi connectivity index (χ4n) is 1.54. The molecule has 0 aliphatic heterocycles. The lowest BCUT2D eigenvalue weighted by molar-refractivity contribution is -0.157. The normalized spacial score (nSPS) is 13.0. The zero-order valence-electron chi connectivity index (χ0n) is 12.0. The summed E-state index contributed by atoms with van der Waals surface area (Å²) in [7, 11) is 0. The molecule has 0 rings (SSSR count). The van der Waals surface area contributed by atoms with Crippen LogP contribution in [0.3, 0.4) is 0 Å². The van der Waals surface area contributed by atoms with Gasteiger partial charge in [-0.2, -0.15) is 0 Å². The SMILES string of the molecule is CC(C)CCC(C)(C)CC(=O)OC(C)(C)C. The van der Waals surface area contributed by atoms with E-state index in [1.165, 1.54) is 0 Å². The second-order valence-corrected chi connectivity index (χ2v) is 6.86. The molecule has 0 saturated heterocycles. The molecule has 0 unspecified atom stereocenters. The molecule has 0 aliphatic carbocycles. The van der Waals surface area contributed by atoms with Crippen LogP contribution in [0.15, 0.2) is 0 Å². The predicted octanol–water partition coefficient (Wildman–Crippen LogP) is 4.18. The van der Waals surface area contributed by atoms with Gasteiger partial charge in [0.1, 0.15) is 5.60 Å². The van der Waals surface area contributed by atoms with Gasteiger partial charge in [-0.3, -0.25) is 4.79 Å². The van der Waals surface area contributed by atoms with Crippen LogP contribution >= 0.6 is 0 Å². The van der Waals surface area contributed by atoms with E-state index in [0.717, 1.165) is 12.8 Å². The van der Waals surface area contributed by atoms with E-state index in [2.05, 4.69) is 27.7 Å². The van der Waals surface area contributed by atoms with Crippen LogP contribution in [0.25, 0.3) is 0 Å². The van der Waals surface area contributed by atoms with Gasteiger partial charge in [-0.25, -0.2) is 0 Å². The topological polar surface area (TPSA) is 26.3 Å². The molecule has 0 amide bonds. The van der Waals surface area contributed by atoms with Crippen molar-refractivity contribution in [3.8, 4) is 0 Å². The molecule has 16 heavy (non-hydrogen) atoms. The quantitative estimate of drug-likeness (QED) is 0.660. The summed E-state index contributed by atoms with van der Waals surface area (Å²) in [6.45, 7) is 14.4. The Morgan fingerprint density at radius 2 is 1.62 bits per heavy atom. The molecular weight excluding hydrogens is 200 g/mol. The second kappa shape index (κ2) is 5.70. The van der Waals surface area contributed by atoms with Crippen LogP contribution in [-0.4, -0.2) is 11.6 Å². The van der Waals surface area contributed by atoms with Crippen molar-refractivity contribution in [2.24, 2.45) is 11.3 Å². The Kier molecular flexibility index (Phi) is 5.51. The van der Waals surface area contributed by atoms with Crippen molar-refractivity contribution >= 4 is 5.97 Å². The van der Waals surface area contributed by atoms with E-state index in [1.807, 2.05) is 20.8 Å². The molecule has 0 aromatic heterocycles. The van der Waals surface area contributed by atoms with E-state index < -0.39 is 0 Å². The number of rotatable bonds is 5. The highest BCUT2D eigenvalue weighted by atomic mass is 16.6. The van der Waals surface area contributed by atoms with Gasteiger partial charge < -0.3 is 4.74 Å². The van der Waals surface area contributed by atoms with Gasteiger partial charge in [0.2, 0.25) is 0 Å². The van der Waals surface area contributed by atoms with Gasteiger partial charge in [0, 0.05) is 0 Å². The van der Waals surface area contributed by atoms with Crippen molar-refractivity contribution in [3.63, 3.8) is 0 Å². The maximum atomic E-state index is 11.7. The van der Waals surface area contributed by atoms with Crippen molar-refractivity contribution in [2.45, 2.75) is 73.3 Å². The molecule has 0 aliphatic rings. The fourth-order valence-corrected chi connectivity index (χ4v) is 1.54. The number of hydrogen-bond donors (Lipinski definition) is 0. The highest BCUT2D eigenvalue weighted by Crippen LogP contribution is 2.29. The summed E-state index contributed by atoms with van der Waals surface area (Å²) in [6.07, 6.45) is 2.75. The number of carbonyl (C=O) groups excluding carboxylic acids is 1. The molecule has 2 nitrogen and oxygen atoms in total. The van der Waals surface area contributed by atoms with E-state index in [0.29, 0.717) is 12.3 Å². The molecule has 0 radical (unpaired) electrons. The van der Waals surface area contributed by atoms with Gasteiger partial charge in [-0.1, -0.05) is 34.1 Å². The standard InChI is InChI=1S/C14H28O2/c1-11(2)8-9-14(6,7)10-12(15)16-13(3,4)5/h11H,8-10H2,1-7H3. The summed E-state index contributed by atoms with van der Waals surface area (Å²) in [6, 6.07) is 0. The Morgan fingerprint density at radius 3 is 2.00 bits per heavy atom. The number of esters is 1. The smallest absolute Gasteiger partial charge is 0.306 e. The lowest BCUT2D eigenvalue weighted by Gasteiger charge is -2.27. The summed E-state index contributed by atoms with van der Waals surface area (Å²) in [5.74, 6) is 0.610. The highest BCUT2D eigenvalue weighted by molar-refractivity contribution is 5.70. The summed E-state index contributed by atoms with van der Waals surface area (Å²) in [4.78, 5) is 11.7. The molecule has 2 heteroatoms. The lowest BCUT2D eigenvalue weighted by atomic mass is 9.82. The van der Waals surface area contributed by atoms with E-state index >= 15 is 0 Å². The Bertz CT molecular complexity index is 221. The van der Waals surface area contributed by atoms with Gasteiger partial charge in [0.15, 0.2) is 0 Å². The minimum atomic E-state index is -0.370. The Morgan fingerprint density at radius 1 is 1.12 bits per heavy atom. The third kappa shape index (κ3) is 8.75. The first kappa shape index (κ1) is 15.5. The molecule has 0 aromatic carbocycles. The molecule has 0 aromatic rings. The molecule has 96 valence electrons. The average molecular weight is 228 g/mol. The largest absolute Gasteiger partial charge is 0.460 e. The number of hydrogen-bond acceptors (Lipinski definition) is 2. The predicted molar refractivity (Wildman–Crippen MR) is 68.3 cm³/mol. The van der Waals surface area contributed by atoms with Crippen molar-refractivity contribution in [2.75, 3.05) is 0 Å². The minimum Gasteiger partial charge on any atom is -0.460 e. The molecular formula is C14H28O2. The third-order valence-corrected chi connectivity index (χ3v) is 2.44. The highest BCUT2D eigenvalue weighted by Gasteiger charge is 2.25. The molecule has 0 bridgehead atoms. The van der Waals surface area contributed by atoms with Crippen LogP contribution in [0, 0.1) is 11.3 Å². The van der Waals surface area contributed by atoms with Crippen LogP contribution < -0.4 is 0 Å². The zero-order chi connectivity index (χ0) is 13.0.